The van der Waals surface area contributed by atoms with Crippen molar-refractivity contribution in [2.24, 2.45) is 11.8 Å². The number of esters is 1. The van der Waals surface area contributed by atoms with E-state index in [1.54, 1.807) is 0 Å². The van der Waals surface area contributed by atoms with E-state index in [4.69, 9.17) is 4.74 Å². The summed E-state index contributed by atoms with van der Waals surface area (Å²) in [6.07, 6.45) is 2.50. The highest BCUT2D eigenvalue weighted by molar-refractivity contribution is 5.69. The molecule has 0 bridgehead atoms. The van der Waals surface area contributed by atoms with Gasteiger partial charge in [-0.15, -0.1) is 0 Å². The molecule has 1 atom stereocenters. The molecule has 0 aromatic heterocycles. The molecule has 1 unspecified atom stereocenters. The Morgan fingerprint density at radius 1 is 1.07 bits per heavy atom. The largest absolute Gasteiger partial charge is 0.463 e. The summed E-state index contributed by atoms with van der Waals surface area (Å²) in [6, 6.07) is 0. The van der Waals surface area contributed by atoms with E-state index in [0.29, 0.717) is 18.3 Å². The Kier molecular flexibility index (Phi) is 6.60. The van der Waals surface area contributed by atoms with Crippen LogP contribution in [-0.2, 0) is 9.53 Å². The van der Waals surface area contributed by atoms with Crippen molar-refractivity contribution in [3.63, 3.8) is 0 Å². The normalized spacial score (nSPS) is 13.4. The minimum Gasteiger partial charge on any atom is -0.463 e. The lowest BCUT2D eigenvalue weighted by atomic mass is 10.1. The monoisotopic (exact) mass is 200 g/mol. The van der Waals surface area contributed by atoms with E-state index in [9.17, 15) is 4.79 Å². The molecule has 0 fully saturated rings. The summed E-state index contributed by atoms with van der Waals surface area (Å²) in [5, 5.41) is 0. The Bertz CT molecular complexity index is 162. The molecule has 84 valence electrons. The highest BCUT2D eigenvalue weighted by Crippen LogP contribution is 2.10. The number of hydrogen-bond acceptors (Lipinski definition) is 2. The molecule has 2 heteroatoms. The highest BCUT2D eigenvalue weighted by Gasteiger charge is 2.11. The first-order valence-electron chi connectivity index (χ1n) is 5.61. The van der Waals surface area contributed by atoms with Gasteiger partial charge in [-0.2, -0.15) is 0 Å². The maximum atomic E-state index is 11.3. The van der Waals surface area contributed by atoms with E-state index in [1.807, 2.05) is 6.92 Å². The van der Waals surface area contributed by atoms with Gasteiger partial charge in [0.15, 0.2) is 0 Å². The third kappa shape index (κ3) is 8.09. The molecule has 0 amide bonds. The minimum absolute atomic E-state index is 0.0492. The lowest BCUT2D eigenvalue weighted by Crippen LogP contribution is -2.17. The van der Waals surface area contributed by atoms with Crippen LogP contribution in [0.3, 0.4) is 0 Å². The topological polar surface area (TPSA) is 26.3 Å². The molecule has 0 aromatic carbocycles. The predicted octanol–water partition coefficient (Wildman–Crippen LogP) is 3.40. The van der Waals surface area contributed by atoms with Gasteiger partial charge in [-0.25, -0.2) is 0 Å². The van der Waals surface area contributed by atoms with E-state index in [1.165, 1.54) is 0 Å². The van der Waals surface area contributed by atoms with Crippen molar-refractivity contribution in [3.05, 3.63) is 0 Å². The van der Waals surface area contributed by atoms with Crippen molar-refractivity contribution in [2.45, 2.75) is 60.0 Å². The second kappa shape index (κ2) is 6.86. The van der Waals surface area contributed by atoms with Crippen LogP contribution in [0.1, 0.15) is 53.9 Å². The molecule has 0 aliphatic heterocycles. The van der Waals surface area contributed by atoms with Gasteiger partial charge in [0.25, 0.3) is 0 Å². The molecule has 0 rings (SSSR count). The fraction of sp³-hybridized carbons (Fsp3) is 0.917. The molecule has 0 aliphatic carbocycles. The first-order valence-corrected chi connectivity index (χ1v) is 5.61. The van der Waals surface area contributed by atoms with E-state index in [-0.39, 0.29) is 12.1 Å². The predicted molar refractivity (Wildman–Crippen MR) is 59.1 cm³/mol. The summed E-state index contributed by atoms with van der Waals surface area (Å²) < 4.78 is 5.27. The van der Waals surface area contributed by atoms with Gasteiger partial charge in [0.2, 0.25) is 0 Å². The van der Waals surface area contributed by atoms with Crippen LogP contribution in [0.2, 0.25) is 0 Å². The lowest BCUT2D eigenvalue weighted by molar-refractivity contribution is -0.149. The van der Waals surface area contributed by atoms with Crippen molar-refractivity contribution in [3.8, 4) is 0 Å². The molecule has 0 heterocycles. The second-order valence-corrected chi connectivity index (χ2v) is 4.86. The lowest BCUT2D eigenvalue weighted by Gasteiger charge is -2.15. The highest BCUT2D eigenvalue weighted by atomic mass is 16.5. The average Bonchev–Trinajstić information content (AvgIpc) is 1.98. The quantitative estimate of drug-likeness (QED) is 0.614. The van der Waals surface area contributed by atoms with Crippen molar-refractivity contribution >= 4 is 5.97 Å². The molecule has 0 aliphatic rings. The molecule has 0 N–H and O–H groups in total. The van der Waals surface area contributed by atoms with E-state index in [2.05, 4.69) is 27.7 Å². The van der Waals surface area contributed by atoms with Crippen LogP contribution in [0.4, 0.5) is 0 Å². The SMILES string of the molecule is CC(C)CCC(=O)OC(C)CC(C)C. The van der Waals surface area contributed by atoms with Crippen LogP contribution in [0, 0.1) is 11.8 Å². The minimum atomic E-state index is -0.0492. The van der Waals surface area contributed by atoms with Gasteiger partial charge in [-0.05, 0) is 31.6 Å². The van der Waals surface area contributed by atoms with Gasteiger partial charge < -0.3 is 4.74 Å². The summed E-state index contributed by atoms with van der Waals surface area (Å²) in [4.78, 5) is 11.3. The Balaban J connectivity index is 3.60. The smallest absolute Gasteiger partial charge is 0.306 e. The van der Waals surface area contributed by atoms with Gasteiger partial charge in [0, 0.05) is 6.42 Å². The van der Waals surface area contributed by atoms with Gasteiger partial charge in [-0.1, -0.05) is 27.7 Å². The average molecular weight is 200 g/mol. The van der Waals surface area contributed by atoms with Crippen molar-refractivity contribution in [1.82, 2.24) is 0 Å². The summed E-state index contributed by atoms with van der Waals surface area (Å²) in [5.41, 5.74) is 0. The van der Waals surface area contributed by atoms with Crippen LogP contribution in [0.25, 0.3) is 0 Å². The molecule has 2 nitrogen and oxygen atoms in total. The Labute approximate surface area is 88.0 Å². The van der Waals surface area contributed by atoms with Crippen LogP contribution >= 0.6 is 0 Å². The van der Waals surface area contributed by atoms with Crippen LogP contribution < -0.4 is 0 Å². The zero-order valence-electron chi connectivity index (χ0n) is 10.2. The molecular weight excluding hydrogens is 176 g/mol. The number of carbonyl (C=O) groups is 1. The van der Waals surface area contributed by atoms with Crippen LogP contribution in [-0.4, -0.2) is 12.1 Å². The Morgan fingerprint density at radius 2 is 1.64 bits per heavy atom. The molecular formula is C12H24O2. The van der Waals surface area contributed by atoms with Gasteiger partial charge in [0.05, 0.1) is 6.10 Å². The molecule has 0 saturated heterocycles. The summed E-state index contributed by atoms with van der Waals surface area (Å²) in [6.45, 7) is 10.5. The first kappa shape index (κ1) is 13.5. The zero-order chi connectivity index (χ0) is 11.1. The van der Waals surface area contributed by atoms with E-state index < -0.39 is 0 Å². The van der Waals surface area contributed by atoms with Crippen molar-refractivity contribution in [2.75, 3.05) is 0 Å². The summed E-state index contributed by atoms with van der Waals surface area (Å²) in [7, 11) is 0. The number of carbonyl (C=O) groups excluding carboxylic acids is 1. The van der Waals surface area contributed by atoms with Crippen LogP contribution in [0.15, 0.2) is 0 Å². The summed E-state index contributed by atoms with van der Waals surface area (Å²) in [5.74, 6) is 1.11. The molecule has 0 aromatic rings. The number of ether oxygens (including phenoxy) is 1. The standard InChI is InChI=1S/C12H24O2/c1-9(2)6-7-12(13)14-11(5)8-10(3)4/h9-11H,6-8H2,1-5H3. The van der Waals surface area contributed by atoms with Gasteiger partial charge >= 0.3 is 5.97 Å². The van der Waals surface area contributed by atoms with E-state index >= 15 is 0 Å². The molecule has 0 radical (unpaired) electrons. The third-order valence-electron chi connectivity index (χ3n) is 2.06. The Morgan fingerprint density at radius 3 is 2.07 bits per heavy atom. The van der Waals surface area contributed by atoms with Gasteiger partial charge in [-0.3, -0.25) is 4.79 Å². The van der Waals surface area contributed by atoms with Gasteiger partial charge in [0.1, 0.15) is 0 Å². The van der Waals surface area contributed by atoms with E-state index in [0.717, 1.165) is 12.8 Å². The first-order chi connectivity index (χ1) is 6.41. The zero-order valence-corrected chi connectivity index (χ0v) is 10.2. The number of rotatable bonds is 6. The molecule has 0 saturated carbocycles. The third-order valence-corrected chi connectivity index (χ3v) is 2.06. The summed E-state index contributed by atoms with van der Waals surface area (Å²) >= 11 is 0. The van der Waals surface area contributed by atoms with Crippen molar-refractivity contribution < 1.29 is 9.53 Å². The van der Waals surface area contributed by atoms with Crippen LogP contribution in [0.5, 0.6) is 0 Å². The number of hydrogen-bond donors (Lipinski definition) is 0. The molecule has 14 heavy (non-hydrogen) atoms. The second-order valence-electron chi connectivity index (χ2n) is 4.86. The fourth-order valence-corrected chi connectivity index (χ4v) is 1.40. The maximum Gasteiger partial charge on any atom is 0.306 e. The van der Waals surface area contributed by atoms with Crippen molar-refractivity contribution in [1.29, 1.82) is 0 Å². The fourth-order valence-electron chi connectivity index (χ4n) is 1.40. The Hall–Kier alpha value is -0.530. The maximum absolute atomic E-state index is 11.3. The molecule has 0 spiro atoms.